The molecule has 0 unspecified atom stereocenters. The summed E-state index contributed by atoms with van der Waals surface area (Å²) in [6.07, 6.45) is 2.22. The number of pyridine rings is 1. The summed E-state index contributed by atoms with van der Waals surface area (Å²) in [7, 11) is 0. The van der Waals surface area contributed by atoms with Crippen LogP contribution < -0.4 is 4.74 Å². The summed E-state index contributed by atoms with van der Waals surface area (Å²) in [5.74, 6) is 0.853. The number of likely N-dealkylation sites (tertiary alicyclic amines) is 1. The van der Waals surface area contributed by atoms with Gasteiger partial charge in [0.15, 0.2) is 6.61 Å². The molecule has 1 aliphatic heterocycles. The van der Waals surface area contributed by atoms with Crippen LogP contribution in [0.15, 0.2) is 6.07 Å². The lowest BCUT2D eigenvalue weighted by Crippen LogP contribution is -2.32. The lowest BCUT2D eigenvalue weighted by atomic mass is 10.2. The van der Waals surface area contributed by atoms with E-state index in [2.05, 4.69) is 4.98 Å². The first-order valence-electron chi connectivity index (χ1n) is 6.43. The van der Waals surface area contributed by atoms with Crippen LogP contribution in [-0.4, -0.2) is 35.5 Å². The van der Waals surface area contributed by atoms with Crippen molar-refractivity contribution in [2.45, 2.75) is 33.6 Å². The molecule has 1 aromatic heterocycles. The number of rotatable bonds is 3. The zero-order chi connectivity index (χ0) is 13.1. The predicted molar refractivity (Wildman–Crippen MR) is 69.8 cm³/mol. The smallest absolute Gasteiger partial charge is 0.260 e. The van der Waals surface area contributed by atoms with Gasteiger partial charge in [0.1, 0.15) is 5.75 Å². The second-order valence-corrected chi connectivity index (χ2v) is 4.85. The molecule has 98 valence electrons. The van der Waals surface area contributed by atoms with E-state index < -0.39 is 0 Å². The Morgan fingerprint density at radius 1 is 1.33 bits per heavy atom. The SMILES string of the molecule is Cc1cc(OCC(=O)N2CCCC2)c(C)c(C)n1. The van der Waals surface area contributed by atoms with Crippen molar-refractivity contribution in [3.05, 3.63) is 23.0 Å². The van der Waals surface area contributed by atoms with E-state index in [1.165, 1.54) is 0 Å². The number of aryl methyl sites for hydroxylation is 2. The van der Waals surface area contributed by atoms with Crippen molar-refractivity contribution in [2.24, 2.45) is 0 Å². The number of aromatic nitrogens is 1. The van der Waals surface area contributed by atoms with Gasteiger partial charge in [0.05, 0.1) is 0 Å². The largest absolute Gasteiger partial charge is 0.483 e. The van der Waals surface area contributed by atoms with Crippen molar-refractivity contribution < 1.29 is 9.53 Å². The van der Waals surface area contributed by atoms with Gasteiger partial charge in [-0.3, -0.25) is 9.78 Å². The fourth-order valence-electron chi connectivity index (χ4n) is 2.20. The number of carbonyl (C=O) groups excluding carboxylic acids is 1. The number of nitrogens with zero attached hydrogens (tertiary/aromatic N) is 2. The van der Waals surface area contributed by atoms with Gasteiger partial charge in [-0.15, -0.1) is 0 Å². The van der Waals surface area contributed by atoms with Crippen LogP contribution in [0.1, 0.15) is 29.8 Å². The van der Waals surface area contributed by atoms with Gasteiger partial charge in [0.2, 0.25) is 0 Å². The Kier molecular flexibility index (Phi) is 3.84. The summed E-state index contributed by atoms with van der Waals surface area (Å²) in [5.41, 5.74) is 2.88. The number of hydrogen-bond donors (Lipinski definition) is 0. The molecule has 1 aromatic rings. The molecule has 0 aromatic carbocycles. The Bertz CT molecular complexity index is 451. The molecule has 2 rings (SSSR count). The van der Waals surface area contributed by atoms with Crippen molar-refractivity contribution >= 4 is 5.91 Å². The number of hydrogen-bond acceptors (Lipinski definition) is 3. The molecule has 18 heavy (non-hydrogen) atoms. The Morgan fingerprint density at radius 2 is 2.00 bits per heavy atom. The van der Waals surface area contributed by atoms with Crippen molar-refractivity contribution in [3.63, 3.8) is 0 Å². The molecule has 0 N–H and O–H groups in total. The maximum absolute atomic E-state index is 11.9. The Balaban J connectivity index is 1.99. The summed E-state index contributed by atoms with van der Waals surface area (Å²) in [6, 6.07) is 1.89. The molecule has 0 bridgehead atoms. The van der Waals surface area contributed by atoms with Gasteiger partial charge in [-0.05, 0) is 33.6 Å². The molecule has 1 saturated heterocycles. The zero-order valence-corrected chi connectivity index (χ0v) is 11.3. The molecular formula is C14H20N2O2. The fourth-order valence-corrected chi connectivity index (χ4v) is 2.20. The predicted octanol–water partition coefficient (Wildman–Crippen LogP) is 2.01. The molecule has 1 aliphatic rings. The van der Waals surface area contributed by atoms with Crippen LogP contribution in [-0.2, 0) is 4.79 Å². The minimum Gasteiger partial charge on any atom is -0.483 e. The van der Waals surface area contributed by atoms with E-state index in [4.69, 9.17) is 4.74 Å². The number of ether oxygens (including phenoxy) is 1. The second kappa shape index (κ2) is 5.38. The molecule has 1 amide bonds. The molecule has 0 spiro atoms. The van der Waals surface area contributed by atoms with Gasteiger partial charge in [-0.1, -0.05) is 0 Å². The third-order valence-corrected chi connectivity index (χ3v) is 3.41. The van der Waals surface area contributed by atoms with Crippen molar-refractivity contribution in [1.29, 1.82) is 0 Å². The summed E-state index contributed by atoms with van der Waals surface area (Å²) in [5, 5.41) is 0. The van der Waals surface area contributed by atoms with Crippen LogP contribution in [0.3, 0.4) is 0 Å². The third kappa shape index (κ3) is 2.81. The van der Waals surface area contributed by atoms with E-state index in [-0.39, 0.29) is 12.5 Å². The molecule has 0 atom stereocenters. The molecule has 1 fully saturated rings. The number of carbonyl (C=O) groups is 1. The first-order valence-corrected chi connectivity index (χ1v) is 6.43. The van der Waals surface area contributed by atoms with Gasteiger partial charge in [-0.2, -0.15) is 0 Å². The first kappa shape index (κ1) is 12.9. The van der Waals surface area contributed by atoms with Crippen LogP contribution in [0.25, 0.3) is 0 Å². The van der Waals surface area contributed by atoms with E-state index in [0.29, 0.717) is 0 Å². The zero-order valence-electron chi connectivity index (χ0n) is 11.3. The molecule has 4 heteroatoms. The molecular weight excluding hydrogens is 228 g/mol. The standard InChI is InChI=1S/C14H20N2O2/c1-10-8-13(11(2)12(3)15-10)18-9-14(17)16-6-4-5-7-16/h8H,4-7,9H2,1-3H3. The minimum atomic E-state index is 0.0824. The quantitative estimate of drug-likeness (QED) is 0.821. The molecule has 0 aliphatic carbocycles. The van der Waals surface area contributed by atoms with Gasteiger partial charge in [0.25, 0.3) is 5.91 Å². The normalized spacial score (nSPS) is 14.9. The minimum absolute atomic E-state index is 0.0824. The average Bonchev–Trinajstić information content (AvgIpc) is 2.85. The maximum Gasteiger partial charge on any atom is 0.260 e. The van der Waals surface area contributed by atoms with Crippen LogP contribution in [0.5, 0.6) is 5.75 Å². The Labute approximate surface area is 108 Å². The van der Waals surface area contributed by atoms with Crippen LogP contribution >= 0.6 is 0 Å². The number of amides is 1. The highest BCUT2D eigenvalue weighted by molar-refractivity contribution is 5.78. The topological polar surface area (TPSA) is 42.4 Å². The van der Waals surface area contributed by atoms with Gasteiger partial charge in [0, 0.05) is 36.1 Å². The van der Waals surface area contributed by atoms with Gasteiger partial charge >= 0.3 is 0 Å². The summed E-state index contributed by atoms with van der Waals surface area (Å²) < 4.78 is 5.64. The second-order valence-electron chi connectivity index (χ2n) is 4.85. The highest BCUT2D eigenvalue weighted by atomic mass is 16.5. The fraction of sp³-hybridized carbons (Fsp3) is 0.571. The van der Waals surface area contributed by atoms with E-state index in [1.54, 1.807) is 0 Å². The van der Waals surface area contributed by atoms with Crippen LogP contribution in [0, 0.1) is 20.8 Å². The Hall–Kier alpha value is -1.58. The lowest BCUT2D eigenvalue weighted by Gasteiger charge is -2.17. The van der Waals surface area contributed by atoms with Crippen molar-refractivity contribution in [1.82, 2.24) is 9.88 Å². The first-order chi connectivity index (χ1) is 8.58. The van der Waals surface area contributed by atoms with Gasteiger partial charge in [-0.25, -0.2) is 0 Å². The highest BCUT2D eigenvalue weighted by Crippen LogP contribution is 2.21. The maximum atomic E-state index is 11.9. The third-order valence-electron chi connectivity index (χ3n) is 3.41. The summed E-state index contributed by atoms with van der Waals surface area (Å²) >= 11 is 0. The molecule has 4 nitrogen and oxygen atoms in total. The van der Waals surface area contributed by atoms with E-state index >= 15 is 0 Å². The van der Waals surface area contributed by atoms with E-state index in [9.17, 15) is 4.79 Å². The van der Waals surface area contributed by atoms with E-state index in [0.717, 1.165) is 48.6 Å². The summed E-state index contributed by atoms with van der Waals surface area (Å²) in [6.45, 7) is 7.73. The average molecular weight is 248 g/mol. The highest BCUT2D eigenvalue weighted by Gasteiger charge is 2.18. The van der Waals surface area contributed by atoms with E-state index in [1.807, 2.05) is 31.7 Å². The summed E-state index contributed by atoms with van der Waals surface area (Å²) in [4.78, 5) is 18.1. The Morgan fingerprint density at radius 3 is 2.67 bits per heavy atom. The monoisotopic (exact) mass is 248 g/mol. The molecule has 0 radical (unpaired) electrons. The van der Waals surface area contributed by atoms with Crippen LogP contribution in [0.4, 0.5) is 0 Å². The molecule has 0 saturated carbocycles. The van der Waals surface area contributed by atoms with Crippen LogP contribution in [0.2, 0.25) is 0 Å². The lowest BCUT2D eigenvalue weighted by molar-refractivity contribution is -0.132. The van der Waals surface area contributed by atoms with Crippen molar-refractivity contribution in [3.8, 4) is 5.75 Å². The molecule has 2 heterocycles. The van der Waals surface area contributed by atoms with Gasteiger partial charge < -0.3 is 9.64 Å². The van der Waals surface area contributed by atoms with Crippen molar-refractivity contribution in [2.75, 3.05) is 19.7 Å².